The van der Waals surface area contributed by atoms with E-state index in [4.69, 9.17) is 11.6 Å². The number of halogens is 2. The first-order valence-corrected chi connectivity index (χ1v) is 6.68. The first kappa shape index (κ1) is 12.4. The molecule has 0 bridgehead atoms. The van der Waals surface area contributed by atoms with E-state index >= 15 is 0 Å². The molecule has 1 fully saturated rings. The van der Waals surface area contributed by atoms with Gasteiger partial charge in [-0.05, 0) is 37.7 Å². The number of likely N-dealkylation sites (tertiary alicyclic amines) is 1. The molecule has 1 N–H and O–H groups in total. The van der Waals surface area contributed by atoms with Gasteiger partial charge in [-0.3, -0.25) is 0 Å². The van der Waals surface area contributed by atoms with Crippen LogP contribution in [0.3, 0.4) is 0 Å². The van der Waals surface area contributed by atoms with E-state index in [1.807, 2.05) is 12.1 Å². The fraction of sp³-hybridized carbons (Fsp3) is 0.500. The first-order valence-electron chi connectivity index (χ1n) is 5.51. The third kappa shape index (κ3) is 3.20. The van der Waals surface area contributed by atoms with E-state index < -0.39 is 0 Å². The molecule has 1 saturated heterocycles. The lowest BCUT2D eigenvalue weighted by Crippen LogP contribution is -2.31. The second-order valence-electron chi connectivity index (χ2n) is 4.36. The van der Waals surface area contributed by atoms with Crippen molar-refractivity contribution in [1.29, 1.82) is 0 Å². The molecule has 0 saturated carbocycles. The molecule has 1 aliphatic heterocycles. The van der Waals surface area contributed by atoms with Gasteiger partial charge in [0, 0.05) is 28.6 Å². The molecule has 0 aliphatic carbocycles. The maximum atomic E-state index is 6.16. The molecule has 88 valence electrons. The van der Waals surface area contributed by atoms with Crippen molar-refractivity contribution in [3.05, 3.63) is 33.3 Å². The lowest BCUT2D eigenvalue weighted by atomic mass is 10.2. The van der Waals surface area contributed by atoms with Gasteiger partial charge in [-0.2, -0.15) is 0 Å². The monoisotopic (exact) mass is 302 g/mol. The summed E-state index contributed by atoms with van der Waals surface area (Å²) in [5.74, 6) is 0. The summed E-state index contributed by atoms with van der Waals surface area (Å²) in [6.07, 6.45) is 1.23. The Morgan fingerprint density at radius 3 is 3.00 bits per heavy atom. The summed E-state index contributed by atoms with van der Waals surface area (Å²) in [6, 6.07) is 6.64. The third-order valence-electron chi connectivity index (χ3n) is 2.99. The van der Waals surface area contributed by atoms with Gasteiger partial charge in [0.1, 0.15) is 0 Å². The quantitative estimate of drug-likeness (QED) is 0.924. The van der Waals surface area contributed by atoms with E-state index in [2.05, 4.69) is 39.3 Å². The van der Waals surface area contributed by atoms with Crippen molar-refractivity contribution in [3.63, 3.8) is 0 Å². The Bertz CT molecular complexity index is 370. The van der Waals surface area contributed by atoms with Gasteiger partial charge in [0.15, 0.2) is 0 Å². The molecule has 0 radical (unpaired) electrons. The van der Waals surface area contributed by atoms with Crippen LogP contribution in [0.2, 0.25) is 5.02 Å². The number of hydrogen-bond donors (Lipinski definition) is 1. The molecule has 2 rings (SSSR count). The molecule has 1 aliphatic rings. The van der Waals surface area contributed by atoms with Crippen molar-refractivity contribution in [2.75, 3.05) is 20.1 Å². The Morgan fingerprint density at radius 1 is 1.56 bits per heavy atom. The highest BCUT2D eigenvalue weighted by Gasteiger charge is 2.18. The molecule has 0 aromatic heterocycles. The van der Waals surface area contributed by atoms with Gasteiger partial charge in [0.25, 0.3) is 0 Å². The number of hydrogen-bond acceptors (Lipinski definition) is 2. The Kier molecular flexibility index (Phi) is 4.25. The summed E-state index contributed by atoms with van der Waals surface area (Å²) in [7, 11) is 2.16. The Labute approximate surface area is 110 Å². The molecule has 1 aromatic carbocycles. The Hall–Kier alpha value is -0.0900. The highest BCUT2D eigenvalue weighted by Crippen LogP contribution is 2.21. The molecule has 1 aromatic rings. The predicted molar refractivity (Wildman–Crippen MR) is 71.9 cm³/mol. The number of likely N-dealkylation sites (N-methyl/N-ethyl adjacent to an activating group) is 1. The molecule has 0 amide bonds. The maximum absolute atomic E-state index is 6.16. The van der Waals surface area contributed by atoms with E-state index in [0.29, 0.717) is 6.04 Å². The van der Waals surface area contributed by atoms with E-state index in [9.17, 15) is 0 Å². The summed E-state index contributed by atoms with van der Waals surface area (Å²) in [5.41, 5.74) is 1.17. The van der Waals surface area contributed by atoms with Gasteiger partial charge < -0.3 is 10.2 Å². The predicted octanol–water partition coefficient (Wildman–Crippen LogP) is 2.90. The number of nitrogens with one attached hydrogen (secondary N) is 1. The average molecular weight is 304 g/mol. The zero-order valence-electron chi connectivity index (χ0n) is 9.34. The van der Waals surface area contributed by atoms with Crippen LogP contribution < -0.4 is 5.32 Å². The topological polar surface area (TPSA) is 15.3 Å². The minimum absolute atomic E-state index is 0.602. The molecule has 0 spiro atoms. The van der Waals surface area contributed by atoms with Gasteiger partial charge in [-0.25, -0.2) is 0 Å². The van der Waals surface area contributed by atoms with Gasteiger partial charge >= 0.3 is 0 Å². The number of benzene rings is 1. The Balaban J connectivity index is 1.89. The highest BCUT2D eigenvalue weighted by atomic mass is 79.9. The molecule has 2 nitrogen and oxygen atoms in total. The fourth-order valence-electron chi connectivity index (χ4n) is 2.02. The Morgan fingerprint density at radius 2 is 2.38 bits per heavy atom. The van der Waals surface area contributed by atoms with Crippen LogP contribution in [-0.2, 0) is 6.54 Å². The van der Waals surface area contributed by atoms with Crippen molar-refractivity contribution in [2.24, 2.45) is 0 Å². The molecular formula is C12H16BrClN2. The number of nitrogens with zero attached hydrogens (tertiary/aromatic N) is 1. The van der Waals surface area contributed by atoms with Crippen LogP contribution in [0.4, 0.5) is 0 Å². The molecular weight excluding hydrogens is 288 g/mol. The summed E-state index contributed by atoms with van der Waals surface area (Å²) >= 11 is 9.57. The largest absolute Gasteiger partial charge is 0.309 e. The van der Waals surface area contributed by atoms with Crippen molar-refractivity contribution in [2.45, 2.75) is 19.0 Å². The molecule has 16 heavy (non-hydrogen) atoms. The van der Waals surface area contributed by atoms with Crippen LogP contribution in [-0.4, -0.2) is 31.1 Å². The molecule has 1 atom stereocenters. The highest BCUT2D eigenvalue weighted by molar-refractivity contribution is 9.10. The molecule has 1 unspecified atom stereocenters. The second kappa shape index (κ2) is 5.50. The number of rotatable bonds is 3. The minimum Gasteiger partial charge on any atom is -0.309 e. The van der Waals surface area contributed by atoms with Gasteiger partial charge in [0.2, 0.25) is 0 Å². The van der Waals surface area contributed by atoms with E-state index in [-0.39, 0.29) is 0 Å². The summed E-state index contributed by atoms with van der Waals surface area (Å²) < 4.78 is 1.03. The molecule has 1 heterocycles. The lowest BCUT2D eigenvalue weighted by Gasteiger charge is -2.13. The van der Waals surface area contributed by atoms with Crippen molar-refractivity contribution < 1.29 is 0 Å². The van der Waals surface area contributed by atoms with Crippen LogP contribution in [0.5, 0.6) is 0 Å². The van der Waals surface area contributed by atoms with Crippen LogP contribution in [0.1, 0.15) is 12.0 Å². The summed E-state index contributed by atoms with van der Waals surface area (Å²) in [5, 5.41) is 4.37. The summed E-state index contributed by atoms with van der Waals surface area (Å²) in [4.78, 5) is 2.35. The lowest BCUT2D eigenvalue weighted by molar-refractivity contribution is 0.397. The van der Waals surface area contributed by atoms with E-state index in [1.54, 1.807) is 0 Å². The third-order valence-corrected chi connectivity index (χ3v) is 3.83. The van der Waals surface area contributed by atoms with Crippen LogP contribution in [0.25, 0.3) is 0 Å². The van der Waals surface area contributed by atoms with Crippen molar-refractivity contribution in [1.82, 2.24) is 10.2 Å². The first-order chi connectivity index (χ1) is 7.65. The van der Waals surface area contributed by atoms with Crippen molar-refractivity contribution >= 4 is 27.5 Å². The normalized spacial score (nSPS) is 21.6. The van der Waals surface area contributed by atoms with Gasteiger partial charge in [-0.1, -0.05) is 33.6 Å². The fourth-order valence-corrected chi connectivity index (χ4v) is 2.76. The van der Waals surface area contributed by atoms with Crippen LogP contribution in [0.15, 0.2) is 22.7 Å². The zero-order valence-corrected chi connectivity index (χ0v) is 11.7. The minimum atomic E-state index is 0.602. The SMILES string of the molecule is CN1CCC(NCc2ccc(Br)cc2Cl)C1. The summed E-state index contributed by atoms with van der Waals surface area (Å²) in [6.45, 7) is 3.17. The van der Waals surface area contributed by atoms with Crippen LogP contribution >= 0.6 is 27.5 Å². The average Bonchev–Trinajstić information content (AvgIpc) is 2.63. The maximum Gasteiger partial charge on any atom is 0.0462 e. The van der Waals surface area contributed by atoms with Crippen LogP contribution in [0, 0.1) is 0 Å². The van der Waals surface area contributed by atoms with Gasteiger partial charge in [0.05, 0.1) is 0 Å². The second-order valence-corrected chi connectivity index (χ2v) is 5.69. The van der Waals surface area contributed by atoms with E-state index in [0.717, 1.165) is 22.6 Å². The smallest absolute Gasteiger partial charge is 0.0462 e. The van der Waals surface area contributed by atoms with E-state index in [1.165, 1.54) is 18.5 Å². The molecule has 4 heteroatoms. The van der Waals surface area contributed by atoms with Gasteiger partial charge in [-0.15, -0.1) is 0 Å². The van der Waals surface area contributed by atoms with Crippen molar-refractivity contribution in [3.8, 4) is 0 Å². The standard InChI is InChI=1S/C12H16BrClN2/c1-16-5-4-11(8-16)15-7-9-2-3-10(13)6-12(9)14/h2-3,6,11,15H,4-5,7-8H2,1H3. The zero-order chi connectivity index (χ0) is 11.5.